The number of halogens is 1. The highest BCUT2D eigenvalue weighted by Gasteiger charge is 2.31. The van der Waals surface area contributed by atoms with Crippen molar-refractivity contribution in [2.45, 2.75) is 18.6 Å². The summed E-state index contributed by atoms with van der Waals surface area (Å²) in [6.45, 7) is 0. The minimum Gasteiger partial charge on any atom is -0.390 e. The number of thiophene rings is 1. The molecular formula is C15H12ClN3OS. The molecule has 0 bridgehead atoms. The van der Waals surface area contributed by atoms with Crippen LogP contribution in [0.5, 0.6) is 0 Å². The molecule has 1 aromatic carbocycles. The molecule has 4 rings (SSSR count). The zero-order valence-electron chi connectivity index (χ0n) is 11.0. The van der Waals surface area contributed by atoms with Crippen molar-refractivity contribution >= 4 is 39.0 Å². The fraction of sp³-hybridized carbons (Fsp3) is 0.200. The van der Waals surface area contributed by atoms with Crippen LogP contribution in [0.15, 0.2) is 35.7 Å². The van der Waals surface area contributed by atoms with Crippen LogP contribution < -0.4 is 5.32 Å². The molecule has 2 heterocycles. The summed E-state index contributed by atoms with van der Waals surface area (Å²) >= 11 is 7.51. The van der Waals surface area contributed by atoms with Gasteiger partial charge in [0.25, 0.3) is 0 Å². The van der Waals surface area contributed by atoms with Gasteiger partial charge in [0.05, 0.1) is 17.5 Å². The lowest BCUT2D eigenvalue weighted by Crippen LogP contribution is -2.21. The number of aliphatic hydroxyl groups is 1. The molecular weight excluding hydrogens is 306 g/mol. The number of aliphatic hydroxyl groups excluding tert-OH is 1. The summed E-state index contributed by atoms with van der Waals surface area (Å²) in [6, 6.07) is 9.86. The summed E-state index contributed by atoms with van der Waals surface area (Å²) in [6.07, 6.45) is 0.184. The SMILES string of the molecule is O[C@@H]1Cc2ccccc2[C@@H]1Nc1nc(Cl)nc2sccc12. The van der Waals surface area contributed by atoms with Gasteiger partial charge in [0.2, 0.25) is 5.28 Å². The number of fused-ring (bicyclic) bond motifs is 2. The van der Waals surface area contributed by atoms with Gasteiger partial charge in [-0.1, -0.05) is 24.3 Å². The summed E-state index contributed by atoms with van der Waals surface area (Å²) in [5.74, 6) is 0.673. The van der Waals surface area contributed by atoms with E-state index < -0.39 is 6.10 Å². The number of nitrogens with zero attached hydrogens (tertiary/aromatic N) is 2. The highest BCUT2D eigenvalue weighted by atomic mass is 35.5. The number of hydrogen-bond donors (Lipinski definition) is 2. The Morgan fingerprint density at radius 2 is 2.10 bits per heavy atom. The van der Waals surface area contributed by atoms with Crippen molar-refractivity contribution < 1.29 is 5.11 Å². The highest BCUT2D eigenvalue weighted by Crippen LogP contribution is 2.36. The van der Waals surface area contributed by atoms with Crippen LogP contribution in [0.3, 0.4) is 0 Å². The molecule has 3 aromatic rings. The van der Waals surface area contributed by atoms with Crippen molar-refractivity contribution in [2.75, 3.05) is 5.32 Å². The molecule has 106 valence electrons. The summed E-state index contributed by atoms with van der Waals surface area (Å²) in [7, 11) is 0. The van der Waals surface area contributed by atoms with E-state index in [1.807, 2.05) is 35.7 Å². The van der Waals surface area contributed by atoms with Crippen LogP contribution >= 0.6 is 22.9 Å². The Kier molecular flexibility index (Phi) is 3.06. The molecule has 21 heavy (non-hydrogen) atoms. The number of nitrogens with one attached hydrogen (secondary N) is 1. The zero-order valence-corrected chi connectivity index (χ0v) is 12.5. The first kappa shape index (κ1) is 13.0. The van der Waals surface area contributed by atoms with E-state index in [2.05, 4.69) is 15.3 Å². The molecule has 0 unspecified atom stereocenters. The average Bonchev–Trinajstić information content (AvgIpc) is 3.04. The van der Waals surface area contributed by atoms with Gasteiger partial charge in [-0.3, -0.25) is 0 Å². The summed E-state index contributed by atoms with van der Waals surface area (Å²) < 4.78 is 0. The first-order valence-corrected chi connectivity index (χ1v) is 7.91. The second-order valence-electron chi connectivity index (χ2n) is 5.07. The molecule has 2 aromatic heterocycles. The number of hydrogen-bond acceptors (Lipinski definition) is 5. The van der Waals surface area contributed by atoms with Crippen LogP contribution in [0.2, 0.25) is 5.28 Å². The van der Waals surface area contributed by atoms with Crippen LogP contribution in [0.4, 0.5) is 5.82 Å². The van der Waals surface area contributed by atoms with Crippen LogP contribution in [0.25, 0.3) is 10.2 Å². The lowest BCUT2D eigenvalue weighted by molar-refractivity contribution is 0.165. The van der Waals surface area contributed by atoms with Crippen molar-refractivity contribution in [3.8, 4) is 0 Å². The average molecular weight is 318 g/mol. The minimum atomic E-state index is -0.468. The van der Waals surface area contributed by atoms with Gasteiger partial charge < -0.3 is 10.4 Å². The third kappa shape index (κ3) is 2.18. The van der Waals surface area contributed by atoms with Crippen LogP contribution in [0.1, 0.15) is 17.2 Å². The monoisotopic (exact) mass is 317 g/mol. The lowest BCUT2D eigenvalue weighted by atomic mass is 10.1. The lowest BCUT2D eigenvalue weighted by Gasteiger charge is -2.19. The van der Waals surface area contributed by atoms with Gasteiger partial charge in [-0.05, 0) is 34.2 Å². The van der Waals surface area contributed by atoms with Crippen molar-refractivity contribution in [3.05, 3.63) is 52.1 Å². The van der Waals surface area contributed by atoms with Crippen molar-refractivity contribution in [1.29, 1.82) is 0 Å². The topological polar surface area (TPSA) is 58.0 Å². The van der Waals surface area contributed by atoms with Crippen molar-refractivity contribution in [3.63, 3.8) is 0 Å². The van der Waals surface area contributed by atoms with Crippen molar-refractivity contribution in [1.82, 2.24) is 9.97 Å². The standard InChI is InChI=1S/C15H12ClN3OS/c16-15-18-13(10-5-6-21-14(10)19-15)17-12-9-4-2-1-3-8(9)7-11(12)20/h1-6,11-12,20H,7H2,(H,17,18,19)/t11-,12+/m1/s1. The van der Waals surface area contributed by atoms with E-state index in [-0.39, 0.29) is 11.3 Å². The summed E-state index contributed by atoms with van der Waals surface area (Å²) in [4.78, 5) is 9.33. The molecule has 0 saturated carbocycles. The molecule has 1 aliphatic carbocycles. The molecule has 0 spiro atoms. The third-order valence-corrected chi connectivity index (χ3v) is 4.77. The van der Waals surface area contributed by atoms with E-state index in [4.69, 9.17) is 11.6 Å². The van der Waals surface area contributed by atoms with E-state index in [0.717, 1.165) is 15.8 Å². The van der Waals surface area contributed by atoms with Crippen molar-refractivity contribution in [2.24, 2.45) is 0 Å². The van der Waals surface area contributed by atoms with Gasteiger partial charge in [0, 0.05) is 6.42 Å². The van der Waals surface area contributed by atoms with Gasteiger partial charge in [-0.25, -0.2) is 9.97 Å². The van der Waals surface area contributed by atoms with Gasteiger partial charge in [-0.15, -0.1) is 11.3 Å². The molecule has 0 aliphatic heterocycles. The first-order chi connectivity index (χ1) is 10.2. The quantitative estimate of drug-likeness (QED) is 0.711. The Balaban J connectivity index is 1.77. The first-order valence-electron chi connectivity index (χ1n) is 6.65. The largest absolute Gasteiger partial charge is 0.390 e. The molecule has 1 aliphatic rings. The molecule has 0 radical (unpaired) electrons. The predicted molar refractivity (Wildman–Crippen MR) is 84.9 cm³/mol. The molecule has 2 atom stereocenters. The Morgan fingerprint density at radius 3 is 3.00 bits per heavy atom. The smallest absolute Gasteiger partial charge is 0.225 e. The summed E-state index contributed by atoms with van der Waals surface area (Å²) in [5, 5.41) is 16.8. The maximum atomic E-state index is 10.3. The minimum absolute atomic E-state index is 0.171. The summed E-state index contributed by atoms with van der Waals surface area (Å²) in [5.41, 5.74) is 2.28. The van der Waals surface area contributed by atoms with E-state index in [9.17, 15) is 5.11 Å². The Bertz CT molecular complexity index is 820. The van der Waals surface area contributed by atoms with Gasteiger partial charge >= 0.3 is 0 Å². The van der Waals surface area contributed by atoms with Crippen LogP contribution in [0, 0.1) is 0 Å². The van der Waals surface area contributed by atoms with E-state index in [0.29, 0.717) is 12.2 Å². The molecule has 0 saturated heterocycles. The normalized spacial score (nSPS) is 20.7. The maximum Gasteiger partial charge on any atom is 0.225 e. The van der Waals surface area contributed by atoms with Crippen LogP contribution in [-0.2, 0) is 6.42 Å². The zero-order chi connectivity index (χ0) is 14.4. The fourth-order valence-electron chi connectivity index (χ4n) is 2.83. The Labute approximate surface area is 130 Å². The van der Waals surface area contributed by atoms with Crippen LogP contribution in [-0.4, -0.2) is 21.2 Å². The second kappa shape index (κ2) is 4.94. The molecule has 0 fully saturated rings. The van der Waals surface area contributed by atoms with Gasteiger partial charge in [0.15, 0.2) is 0 Å². The third-order valence-electron chi connectivity index (χ3n) is 3.79. The predicted octanol–water partition coefficient (Wildman–Crippen LogP) is 3.41. The number of rotatable bonds is 2. The number of aromatic nitrogens is 2. The Hall–Kier alpha value is -1.69. The Morgan fingerprint density at radius 1 is 1.24 bits per heavy atom. The van der Waals surface area contributed by atoms with Gasteiger partial charge in [0.1, 0.15) is 10.6 Å². The molecule has 4 nitrogen and oxygen atoms in total. The van der Waals surface area contributed by atoms with E-state index in [1.54, 1.807) is 0 Å². The second-order valence-corrected chi connectivity index (χ2v) is 6.31. The number of anilines is 1. The molecule has 0 amide bonds. The molecule has 6 heteroatoms. The van der Waals surface area contributed by atoms with Gasteiger partial charge in [-0.2, -0.15) is 0 Å². The number of benzene rings is 1. The van der Waals surface area contributed by atoms with E-state index >= 15 is 0 Å². The highest BCUT2D eigenvalue weighted by molar-refractivity contribution is 7.16. The maximum absolute atomic E-state index is 10.3. The van der Waals surface area contributed by atoms with E-state index in [1.165, 1.54) is 16.9 Å². The fourth-order valence-corrected chi connectivity index (χ4v) is 3.82. The molecule has 2 N–H and O–H groups in total.